The average Bonchev–Trinajstić information content (AvgIpc) is 2.34. The second kappa shape index (κ2) is 3.88. The van der Waals surface area contributed by atoms with E-state index in [0.717, 1.165) is 16.7 Å². The van der Waals surface area contributed by atoms with Crippen LogP contribution in [0.2, 0.25) is 0 Å². The van der Waals surface area contributed by atoms with E-state index in [-0.39, 0.29) is 5.63 Å². The molecule has 4 nitrogen and oxygen atoms in total. The van der Waals surface area contributed by atoms with E-state index in [2.05, 4.69) is 0 Å². The van der Waals surface area contributed by atoms with Gasteiger partial charge in [-0.2, -0.15) is 0 Å². The summed E-state index contributed by atoms with van der Waals surface area (Å²) < 4.78 is 16.5. The molecule has 2 aromatic rings. The smallest absolute Gasteiger partial charge is 0.336 e. The highest BCUT2D eigenvalue weighted by Gasteiger charge is 2.27. The Balaban J connectivity index is 2.29. The molecule has 2 heterocycles. The number of rotatable bonds is 1. The third kappa shape index (κ3) is 1.99. The highest BCUT2D eigenvalue weighted by Crippen LogP contribution is 2.38. The fraction of sp³-hybridized carbons (Fsp3) is 0.267. The van der Waals surface area contributed by atoms with Crippen molar-refractivity contribution in [1.82, 2.24) is 0 Å². The van der Waals surface area contributed by atoms with Crippen LogP contribution >= 0.6 is 0 Å². The summed E-state index contributed by atoms with van der Waals surface area (Å²) in [6, 6.07) is 6.77. The lowest BCUT2D eigenvalue weighted by atomic mass is 9.99. The van der Waals surface area contributed by atoms with Gasteiger partial charge in [0, 0.05) is 23.6 Å². The molecule has 0 amide bonds. The first-order valence-corrected chi connectivity index (χ1v) is 6.03. The van der Waals surface area contributed by atoms with Crippen LogP contribution in [0.25, 0.3) is 16.7 Å². The summed E-state index contributed by atoms with van der Waals surface area (Å²) in [5.74, 6) is 1.42. The van der Waals surface area contributed by atoms with Crippen LogP contribution in [0.15, 0.2) is 39.6 Å². The van der Waals surface area contributed by atoms with E-state index in [4.69, 9.17) is 13.9 Å². The Labute approximate surface area is 110 Å². The van der Waals surface area contributed by atoms with Crippen molar-refractivity contribution in [3.05, 3.63) is 46.3 Å². The lowest BCUT2D eigenvalue weighted by molar-refractivity contribution is 0.151. The summed E-state index contributed by atoms with van der Waals surface area (Å²) in [6.45, 7) is 3.89. The van der Waals surface area contributed by atoms with Crippen molar-refractivity contribution in [3.63, 3.8) is 0 Å². The van der Waals surface area contributed by atoms with Gasteiger partial charge in [-0.15, -0.1) is 0 Å². The molecule has 4 heteroatoms. The first-order valence-electron chi connectivity index (χ1n) is 6.03. The molecule has 0 aliphatic carbocycles. The van der Waals surface area contributed by atoms with Crippen molar-refractivity contribution in [2.24, 2.45) is 0 Å². The molecule has 0 bridgehead atoms. The molecule has 0 unspecified atom stereocenters. The minimum absolute atomic E-state index is 0.370. The van der Waals surface area contributed by atoms with Gasteiger partial charge in [0.25, 0.3) is 0 Å². The zero-order valence-corrected chi connectivity index (χ0v) is 11.0. The maximum atomic E-state index is 11.3. The first-order chi connectivity index (χ1) is 8.98. The Bertz CT molecular complexity index is 737. The van der Waals surface area contributed by atoms with Crippen LogP contribution in [-0.2, 0) is 4.74 Å². The SMILES string of the molecule is COC1=CC(C)(C)Oc2cc3oc(=O)ccc3cc21. The largest absolute Gasteiger partial charge is 0.496 e. The lowest BCUT2D eigenvalue weighted by Gasteiger charge is -2.30. The molecule has 0 saturated carbocycles. The highest BCUT2D eigenvalue weighted by molar-refractivity contribution is 5.85. The van der Waals surface area contributed by atoms with Gasteiger partial charge in [-0.25, -0.2) is 4.79 Å². The molecule has 0 spiro atoms. The van der Waals surface area contributed by atoms with Crippen LogP contribution in [0.4, 0.5) is 0 Å². The molecule has 98 valence electrons. The van der Waals surface area contributed by atoms with E-state index in [1.54, 1.807) is 19.2 Å². The summed E-state index contributed by atoms with van der Waals surface area (Å²) in [4.78, 5) is 11.3. The van der Waals surface area contributed by atoms with Crippen molar-refractivity contribution in [3.8, 4) is 5.75 Å². The number of ether oxygens (including phenoxy) is 2. The number of fused-ring (bicyclic) bond motifs is 2. The molecule has 19 heavy (non-hydrogen) atoms. The molecule has 1 aromatic heterocycles. The van der Waals surface area contributed by atoms with E-state index < -0.39 is 5.60 Å². The normalized spacial score (nSPS) is 16.5. The maximum Gasteiger partial charge on any atom is 0.336 e. The predicted octanol–water partition coefficient (Wildman–Crippen LogP) is 2.95. The van der Waals surface area contributed by atoms with Gasteiger partial charge in [0.1, 0.15) is 22.7 Å². The topological polar surface area (TPSA) is 48.7 Å². The zero-order chi connectivity index (χ0) is 13.6. The Morgan fingerprint density at radius 2 is 2.00 bits per heavy atom. The summed E-state index contributed by atoms with van der Waals surface area (Å²) in [5, 5.41) is 0.838. The van der Waals surface area contributed by atoms with Crippen molar-refractivity contribution < 1.29 is 13.9 Å². The Morgan fingerprint density at radius 3 is 2.74 bits per heavy atom. The Morgan fingerprint density at radius 1 is 1.21 bits per heavy atom. The third-order valence-electron chi connectivity index (χ3n) is 3.06. The van der Waals surface area contributed by atoms with E-state index in [0.29, 0.717) is 11.3 Å². The molecule has 0 atom stereocenters. The van der Waals surface area contributed by atoms with E-state index >= 15 is 0 Å². The van der Waals surface area contributed by atoms with Gasteiger partial charge in [-0.1, -0.05) is 0 Å². The lowest BCUT2D eigenvalue weighted by Crippen LogP contribution is -2.29. The molecule has 1 aliphatic heterocycles. The third-order valence-corrected chi connectivity index (χ3v) is 3.06. The Kier molecular flexibility index (Phi) is 2.42. The van der Waals surface area contributed by atoms with Crippen molar-refractivity contribution in [1.29, 1.82) is 0 Å². The van der Waals surface area contributed by atoms with E-state index in [1.165, 1.54) is 6.07 Å². The monoisotopic (exact) mass is 258 g/mol. The van der Waals surface area contributed by atoms with Crippen molar-refractivity contribution >= 4 is 16.7 Å². The summed E-state index contributed by atoms with van der Waals surface area (Å²) >= 11 is 0. The molecular weight excluding hydrogens is 244 g/mol. The van der Waals surface area contributed by atoms with Gasteiger partial charge in [0.05, 0.1) is 12.7 Å². The molecule has 1 aromatic carbocycles. The molecule has 3 rings (SSSR count). The molecular formula is C15H14O4. The fourth-order valence-corrected chi connectivity index (χ4v) is 2.25. The van der Waals surface area contributed by atoms with Crippen LogP contribution in [0.5, 0.6) is 5.75 Å². The zero-order valence-electron chi connectivity index (χ0n) is 11.0. The quantitative estimate of drug-likeness (QED) is 0.738. The number of benzene rings is 1. The minimum atomic E-state index is -0.457. The first kappa shape index (κ1) is 11.8. The summed E-state index contributed by atoms with van der Waals surface area (Å²) in [6.07, 6.45) is 1.93. The second-order valence-electron chi connectivity index (χ2n) is 5.06. The summed E-state index contributed by atoms with van der Waals surface area (Å²) in [7, 11) is 1.63. The number of methoxy groups -OCH3 is 1. The van der Waals surface area contributed by atoms with Gasteiger partial charge < -0.3 is 13.9 Å². The van der Waals surface area contributed by atoms with Crippen LogP contribution < -0.4 is 10.4 Å². The van der Waals surface area contributed by atoms with Crippen LogP contribution in [0.3, 0.4) is 0 Å². The van der Waals surface area contributed by atoms with Crippen molar-refractivity contribution in [2.75, 3.05) is 7.11 Å². The van der Waals surface area contributed by atoms with Crippen LogP contribution in [0, 0.1) is 0 Å². The number of hydrogen-bond donors (Lipinski definition) is 0. The van der Waals surface area contributed by atoms with Gasteiger partial charge in [-0.05, 0) is 26.0 Å². The molecule has 1 aliphatic rings. The number of hydrogen-bond acceptors (Lipinski definition) is 4. The molecule has 0 fully saturated rings. The van der Waals surface area contributed by atoms with Crippen molar-refractivity contribution in [2.45, 2.75) is 19.4 Å². The highest BCUT2D eigenvalue weighted by atomic mass is 16.5. The van der Waals surface area contributed by atoms with Gasteiger partial charge in [-0.3, -0.25) is 0 Å². The standard InChI is InChI=1S/C15H14O4/c1-15(2)8-13(17-3)10-6-9-4-5-14(16)18-11(9)7-12(10)19-15/h4-8H,1-3H3. The Hall–Kier alpha value is -2.23. The van der Waals surface area contributed by atoms with E-state index in [1.807, 2.05) is 26.0 Å². The summed E-state index contributed by atoms with van der Waals surface area (Å²) in [5.41, 5.74) is 0.550. The van der Waals surface area contributed by atoms with Gasteiger partial charge in [0.2, 0.25) is 0 Å². The molecule has 0 saturated heterocycles. The van der Waals surface area contributed by atoms with Gasteiger partial charge in [0.15, 0.2) is 0 Å². The maximum absolute atomic E-state index is 11.3. The molecule has 0 radical (unpaired) electrons. The average molecular weight is 258 g/mol. The van der Waals surface area contributed by atoms with E-state index in [9.17, 15) is 4.79 Å². The van der Waals surface area contributed by atoms with Crippen LogP contribution in [-0.4, -0.2) is 12.7 Å². The minimum Gasteiger partial charge on any atom is -0.496 e. The van der Waals surface area contributed by atoms with Crippen LogP contribution in [0.1, 0.15) is 19.4 Å². The second-order valence-corrected chi connectivity index (χ2v) is 5.06. The predicted molar refractivity (Wildman–Crippen MR) is 72.2 cm³/mol. The van der Waals surface area contributed by atoms with Gasteiger partial charge >= 0.3 is 5.63 Å². The molecule has 0 N–H and O–H groups in total. The fourth-order valence-electron chi connectivity index (χ4n) is 2.25.